The van der Waals surface area contributed by atoms with E-state index in [1.165, 1.54) is 22.2 Å². The summed E-state index contributed by atoms with van der Waals surface area (Å²) in [5, 5.41) is 1.24. The number of hydrogen-bond donors (Lipinski definition) is 2. The van der Waals surface area contributed by atoms with E-state index < -0.39 is 10.0 Å². The molecule has 1 heterocycles. The topological polar surface area (TPSA) is 62.0 Å². The maximum atomic E-state index is 11.9. The molecule has 3 rings (SSSR count). The molecule has 1 aromatic carbocycles. The van der Waals surface area contributed by atoms with Crippen LogP contribution in [0.1, 0.15) is 36.6 Å². The molecular formula is C16H22N2O2S. The van der Waals surface area contributed by atoms with Crippen molar-refractivity contribution in [1.29, 1.82) is 0 Å². The fourth-order valence-corrected chi connectivity index (χ4v) is 4.58. The number of sulfonamides is 1. The second kappa shape index (κ2) is 5.46. The van der Waals surface area contributed by atoms with Crippen LogP contribution in [-0.4, -0.2) is 25.2 Å². The highest BCUT2D eigenvalue weighted by atomic mass is 32.2. The first kappa shape index (κ1) is 14.6. The highest BCUT2D eigenvalue weighted by Crippen LogP contribution is 2.30. The molecule has 0 saturated carbocycles. The Kier molecular flexibility index (Phi) is 3.80. The molecule has 4 nitrogen and oxygen atoms in total. The second-order valence-corrected chi connectivity index (χ2v) is 7.88. The zero-order valence-corrected chi connectivity index (χ0v) is 13.4. The first-order valence-corrected chi connectivity index (χ1v) is 9.24. The van der Waals surface area contributed by atoms with Gasteiger partial charge in [-0.2, -0.15) is 0 Å². The summed E-state index contributed by atoms with van der Waals surface area (Å²) < 4.78 is 26.8. The van der Waals surface area contributed by atoms with Crippen LogP contribution in [0.25, 0.3) is 10.9 Å². The van der Waals surface area contributed by atoms with Crippen molar-refractivity contribution in [3.63, 3.8) is 0 Å². The fraction of sp³-hybridized carbons (Fsp3) is 0.500. The summed E-state index contributed by atoms with van der Waals surface area (Å²) >= 11 is 0. The summed E-state index contributed by atoms with van der Waals surface area (Å²) in [5.74, 6) is 0.212. The van der Waals surface area contributed by atoms with Gasteiger partial charge in [0, 0.05) is 22.6 Å². The van der Waals surface area contributed by atoms with Gasteiger partial charge in [0.25, 0.3) is 0 Å². The Morgan fingerprint density at radius 1 is 1.38 bits per heavy atom. The van der Waals surface area contributed by atoms with E-state index in [0.717, 1.165) is 24.8 Å². The van der Waals surface area contributed by atoms with Crippen molar-refractivity contribution in [2.75, 3.05) is 5.75 Å². The molecule has 2 N–H and O–H groups in total. The van der Waals surface area contributed by atoms with E-state index in [4.69, 9.17) is 0 Å². The van der Waals surface area contributed by atoms with Crippen molar-refractivity contribution in [1.82, 2.24) is 9.71 Å². The number of aromatic nitrogens is 1. The molecule has 0 radical (unpaired) electrons. The van der Waals surface area contributed by atoms with Crippen molar-refractivity contribution >= 4 is 20.9 Å². The van der Waals surface area contributed by atoms with Gasteiger partial charge in [-0.1, -0.05) is 18.6 Å². The van der Waals surface area contributed by atoms with E-state index in [2.05, 4.69) is 34.8 Å². The van der Waals surface area contributed by atoms with Gasteiger partial charge >= 0.3 is 0 Å². The van der Waals surface area contributed by atoms with Crippen molar-refractivity contribution in [2.45, 2.75) is 45.6 Å². The lowest BCUT2D eigenvalue weighted by atomic mass is 9.92. The van der Waals surface area contributed by atoms with Gasteiger partial charge in [-0.15, -0.1) is 0 Å². The van der Waals surface area contributed by atoms with Crippen LogP contribution in [0.5, 0.6) is 0 Å². The van der Waals surface area contributed by atoms with Gasteiger partial charge < -0.3 is 4.98 Å². The fourth-order valence-electron chi connectivity index (χ4n) is 3.21. The molecule has 1 aromatic heterocycles. The Balaban J connectivity index is 1.88. The Morgan fingerprint density at radius 2 is 2.19 bits per heavy atom. The summed E-state index contributed by atoms with van der Waals surface area (Å²) in [7, 11) is -3.14. The minimum absolute atomic E-state index is 0.0218. The smallest absolute Gasteiger partial charge is 0.211 e. The number of benzene rings is 1. The van der Waals surface area contributed by atoms with Crippen LogP contribution in [0.15, 0.2) is 18.2 Å². The average Bonchev–Trinajstić information content (AvgIpc) is 2.76. The number of H-pyrrole nitrogens is 1. The third-order valence-electron chi connectivity index (χ3n) is 4.16. The number of hydrogen-bond acceptors (Lipinski definition) is 2. The molecule has 5 heteroatoms. The number of aryl methyl sites for hydroxylation is 2. The van der Waals surface area contributed by atoms with Crippen LogP contribution in [0.2, 0.25) is 0 Å². The first-order valence-electron chi connectivity index (χ1n) is 7.58. The molecule has 114 valence electrons. The van der Waals surface area contributed by atoms with Crippen molar-refractivity contribution in [3.05, 3.63) is 35.0 Å². The predicted molar refractivity (Wildman–Crippen MR) is 86.1 cm³/mol. The molecule has 0 saturated heterocycles. The van der Waals surface area contributed by atoms with Gasteiger partial charge in [0.1, 0.15) is 0 Å². The van der Waals surface area contributed by atoms with E-state index in [0.29, 0.717) is 6.42 Å². The number of aromatic amines is 1. The molecule has 0 fully saturated rings. The normalized spacial score (nSPS) is 18.9. The third-order valence-corrected chi connectivity index (χ3v) is 5.80. The first-order chi connectivity index (χ1) is 9.98. The zero-order chi connectivity index (χ0) is 15.0. The van der Waals surface area contributed by atoms with E-state index in [1.807, 2.05) is 6.92 Å². The van der Waals surface area contributed by atoms with Crippen LogP contribution in [0.4, 0.5) is 0 Å². The number of nitrogens with one attached hydrogen (secondary N) is 2. The molecule has 2 aromatic rings. The Bertz CT molecular complexity index is 762. The predicted octanol–water partition coefficient (Wildman–Crippen LogP) is 2.66. The van der Waals surface area contributed by atoms with E-state index in [1.54, 1.807) is 0 Å². The van der Waals surface area contributed by atoms with Crippen LogP contribution >= 0.6 is 0 Å². The van der Waals surface area contributed by atoms with Crippen molar-refractivity contribution in [2.24, 2.45) is 0 Å². The third kappa shape index (κ3) is 2.99. The van der Waals surface area contributed by atoms with Crippen molar-refractivity contribution in [3.8, 4) is 0 Å². The largest absolute Gasteiger partial charge is 0.358 e. The Hall–Kier alpha value is -1.33. The quantitative estimate of drug-likeness (QED) is 0.912. The average molecular weight is 306 g/mol. The van der Waals surface area contributed by atoms with Crippen LogP contribution in [0, 0.1) is 6.92 Å². The summed E-state index contributed by atoms with van der Waals surface area (Å²) in [6.45, 7) is 3.98. The van der Waals surface area contributed by atoms with Gasteiger partial charge in [0.15, 0.2) is 0 Å². The van der Waals surface area contributed by atoms with Gasteiger partial charge in [0.05, 0.1) is 5.75 Å². The van der Waals surface area contributed by atoms with Gasteiger partial charge in [0.2, 0.25) is 10.0 Å². The van der Waals surface area contributed by atoms with Crippen LogP contribution in [-0.2, 0) is 22.9 Å². The summed E-state index contributed by atoms with van der Waals surface area (Å²) in [6.07, 6.45) is 3.20. The van der Waals surface area contributed by atoms with E-state index >= 15 is 0 Å². The molecule has 1 aliphatic carbocycles. The Morgan fingerprint density at radius 3 is 2.95 bits per heavy atom. The van der Waals surface area contributed by atoms with E-state index in [9.17, 15) is 8.42 Å². The molecular weight excluding hydrogens is 284 g/mol. The monoisotopic (exact) mass is 306 g/mol. The lowest BCUT2D eigenvalue weighted by Gasteiger charge is -2.23. The number of rotatable bonds is 4. The molecule has 1 aliphatic rings. The summed E-state index contributed by atoms with van der Waals surface area (Å²) in [5.41, 5.74) is 4.94. The minimum atomic E-state index is -3.14. The van der Waals surface area contributed by atoms with Gasteiger partial charge in [-0.05, 0) is 50.3 Å². The van der Waals surface area contributed by atoms with Crippen molar-refractivity contribution < 1.29 is 8.42 Å². The summed E-state index contributed by atoms with van der Waals surface area (Å²) in [4.78, 5) is 3.47. The SMILES string of the molecule is CCCS(=O)(=O)NC1CCc2[nH]c3ccc(C)cc3c2C1. The van der Waals surface area contributed by atoms with Crippen LogP contribution in [0.3, 0.4) is 0 Å². The number of fused-ring (bicyclic) bond motifs is 3. The molecule has 0 aliphatic heterocycles. The maximum Gasteiger partial charge on any atom is 0.211 e. The standard InChI is InChI=1S/C16H22N2O2S/c1-3-8-21(19,20)18-12-5-7-16-14(10-12)13-9-11(2)4-6-15(13)17-16/h4,6,9,12,17-18H,3,5,7-8,10H2,1-2H3. The molecule has 0 bridgehead atoms. The van der Waals surface area contributed by atoms with Crippen LogP contribution < -0.4 is 4.72 Å². The maximum absolute atomic E-state index is 11.9. The zero-order valence-electron chi connectivity index (χ0n) is 12.6. The lowest BCUT2D eigenvalue weighted by Crippen LogP contribution is -2.39. The molecule has 0 amide bonds. The highest BCUT2D eigenvalue weighted by Gasteiger charge is 2.25. The lowest BCUT2D eigenvalue weighted by molar-refractivity contribution is 0.506. The molecule has 1 unspecified atom stereocenters. The molecule has 21 heavy (non-hydrogen) atoms. The van der Waals surface area contributed by atoms with Gasteiger partial charge in [-0.3, -0.25) is 0 Å². The second-order valence-electron chi connectivity index (χ2n) is 6.01. The van der Waals surface area contributed by atoms with E-state index in [-0.39, 0.29) is 11.8 Å². The molecule has 1 atom stereocenters. The van der Waals surface area contributed by atoms with Gasteiger partial charge in [-0.25, -0.2) is 13.1 Å². The highest BCUT2D eigenvalue weighted by molar-refractivity contribution is 7.89. The molecule has 0 spiro atoms. The summed E-state index contributed by atoms with van der Waals surface area (Å²) in [6, 6.07) is 6.42. The minimum Gasteiger partial charge on any atom is -0.358 e. The Labute approximate surface area is 126 Å².